The van der Waals surface area contributed by atoms with Crippen LogP contribution < -0.4 is 4.90 Å². The van der Waals surface area contributed by atoms with Gasteiger partial charge in [-0.3, -0.25) is 0 Å². The lowest BCUT2D eigenvalue weighted by Crippen LogP contribution is -2.35. The van der Waals surface area contributed by atoms with Crippen molar-refractivity contribution >= 4 is 27.3 Å². The summed E-state index contributed by atoms with van der Waals surface area (Å²) in [5.41, 5.74) is 2.74. The standard InChI is InChI=1S/C21H24ClN3O2S/c22-12-1-3-18-6-10-21(11-7-18)28(26,27)25-14-2-13-24(15-16-25)20-8-4-19(17-23)5-9-20/h4-11H,1-3,12-16H2. The number of nitrogens with zero attached hydrogens (tertiary/aromatic N) is 3. The largest absolute Gasteiger partial charge is 0.370 e. The number of aryl methyl sites for hydroxylation is 1. The molecule has 0 N–H and O–H groups in total. The molecule has 5 nitrogen and oxygen atoms in total. The predicted octanol–water partition coefficient (Wildman–Crippen LogP) is 3.63. The second-order valence-electron chi connectivity index (χ2n) is 6.84. The normalized spacial score (nSPS) is 15.8. The van der Waals surface area contributed by atoms with Gasteiger partial charge in [-0.25, -0.2) is 8.42 Å². The van der Waals surface area contributed by atoms with Gasteiger partial charge in [-0.15, -0.1) is 11.6 Å². The van der Waals surface area contributed by atoms with E-state index in [-0.39, 0.29) is 0 Å². The summed E-state index contributed by atoms with van der Waals surface area (Å²) in [7, 11) is -3.50. The Morgan fingerprint density at radius 2 is 1.68 bits per heavy atom. The van der Waals surface area contributed by atoms with Crippen LogP contribution in [0.4, 0.5) is 5.69 Å². The van der Waals surface area contributed by atoms with Crippen LogP contribution in [0.3, 0.4) is 0 Å². The van der Waals surface area contributed by atoms with Crippen molar-refractivity contribution in [3.63, 3.8) is 0 Å². The Morgan fingerprint density at radius 3 is 2.32 bits per heavy atom. The third-order valence-corrected chi connectivity index (χ3v) is 7.16. The molecular formula is C21H24ClN3O2S. The summed E-state index contributed by atoms with van der Waals surface area (Å²) in [5.74, 6) is 0.601. The summed E-state index contributed by atoms with van der Waals surface area (Å²) in [5, 5.41) is 8.93. The molecule has 1 aliphatic heterocycles. The van der Waals surface area contributed by atoms with Gasteiger partial charge in [-0.2, -0.15) is 9.57 Å². The predicted molar refractivity (Wildman–Crippen MR) is 112 cm³/mol. The van der Waals surface area contributed by atoms with Crippen LogP contribution in [-0.4, -0.2) is 44.8 Å². The first-order valence-electron chi connectivity index (χ1n) is 9.45. The van der Waals surface area contributed by atoms with E-state index in [1.54, 1.807) is 28.6 Å². The zero-order valence-electron chi connectivity index (χ0n) is 15.7. The second-order valence-corrected chi connectivity index (χ2v) is 9.16. The molecule has 0 amide bonds. The van der Waals surface area contributed by atoms with E-state index in [9.17, 15) is 8.42 Å². The van der Waals surface area contributed by atoms with E-state index in [1.165, 1.54) is 0 Å². The van der Waals surface area contributed by atoms with E-state index in [0.29, 0.717) is 36.0 Å². The molecule has 0 bridgehead atoms. The minimum absolute atomic E-state index is 0.342. The van der Waals surface area contributed by atoms with Gasteiger partial charge in [-0.05, 0) is 61.2 Å². The van der Waals surface area contributed by atoms with Crippen LogP contribution in [0.5, 0.6) is 0 Å². The first-order chi connectivity index (χ1) is 13.5. The van der Waals surface area contributed by atoms with Crippen LogP contribution in [0.1, 0.15) is 24.0 Å². The maximum atomic E-state index is 13.0. The highest BCUT2D eigenvalue weighted by Crippen LogP contribution is 2.22. The summed E-state index contributed by atoms with van der Waals surface area (Å²) >= 11 is 5.72. The summed E-state index contributed by atoms with van der Waals surface area (Å²) in [6.07, 6.45) is 2.49. The third kappa shape index (κ3) is 4.85. The number of sulfonamides is 1. The van der Waals surface area contributed by atoms with Crippen molar-refractivity contribution in [1.82, 2.24) is 4.31 Å². The molecule has 1 aliphatic rings. The number of hydrogen-bond donors (Lipinski definition) is 0. The van der Waals surface area contributed by atoms with Gasteiger partial charge in [0.25, 0.3) is 0 Å². The van der Waals surface area contributed by atoms with Gasteiger partial charge in [-0.1, -0.05) is 12.1 Å². The molecule has 1 saturated heterocycles. The molecule has 2 aromatic rings. The molecule has 7 heteroatoms. The van der Waals surface area contributed by atoms with Crippen LogP contribution in [0, 0.1) is 11.3 Å². The van der Waals surface area contributed by atoms with Crippen LogP contribution in [0.15, 0.2) is 53.4 Å². The monoisotopic (exact) mass is 417 g/mol. The molecule has 0 spiro atoms. The molecule has 2 aromatic carbocycles. The Morgan fingerprint density at radius 1 is 0.964 bits per heavy atom. The van der Waals surface area contributed by atoms with E-state index >= 15 is 0 Å². The SMILES string of the molecule is N#Cc1ccc(N2CCCN(S(=O)(=O)c3ccc(CCCCl)cc3)CC2)cc1. The van der Waals surface area contributed by atoms with Crippen LogP contribution in [-0.2, 0) is 16.4 Å². The van der Waals surface area contributed by atoms with Gasteiger partial charge in [0.15, 0.2) is 0 Å². The van der Waals surface area contributed by atoms with Crippen molar-refractivity contribution < 1.29 is 8.42 Å². The Hall–Kier alpha value is -2.07. The molecule has 0 unspecified atom stereocenters. The number of halogens is 1. The molecule has 0 aliphatic carbocycles. The van der Waals surface area contributed by atoms with E-state index < -0.39 is 10.0 Å². The topological polar surface area (TPSA) is 64.4 Å². The van der Waals surface area contributed by atoms with Gasteiger partial charge < -0.3 is 4.90 Å². The Kier molecular flexibility index (Phi) is 6.95. The maximum absolute atomic E-state index is 13.0. The van der Waals surface area contributed by atoms with Gasteiger partial charge in [0.2, 0.25) is 10.0 Å². The summed E-state index contributed by atoms with van der Waals surface area (Å²) in [6.45, 7) is 2.35. The summed E-state index contributed by atoms with van der Waals surface area (Å²) in [6, 6.07) is 16.7. The number of benzene rings is 2. The maximum Gasteiger partial charge on any atom is 0.243 e. The van der Waals surface area contributed by atoms with Gasteiger partial charge in [0.1, 0.15) is 0 Å². The molecular weight excluding hydrogens is 394 g/mol. The lowest BCUT2D eigenvalue weighted by Gasteiger charge is -2.23. The van der Waals surface area contributed by atoms with Crippen molar-refractivity contribution in [3.8, 4) is 6.07 Å². The zero-order valence-corrected chi connectivity index (χ0v) is 17.3. The molecule has 148 valence electrons. The molecule has 28 heavy (non-hydrogen) atoms. The van der Waals surface area contributed by atoms with Crippen molar-refractivity contribution in [2.45, 2.75) is 24.2 Å². The lowest BCUT2D eigenvalue weighted by molar-refractivity contribution is 0.433. The van der Waals surface area contributed by atoms with Crippen LogP contribution in [0.25, 0.3) is 0 Å². The number of hydrogen-bond acceptors (Lipinski definition) is 4. The van der Waals surface area contributed by atoms with E-state index in [1.807, 2.05) is 24.3 Å². The molecule has 1 fully saturated rings. The first kappa shape index (κ1) is 20.7. The van der Waals surface area contributed by atoms with Gasteiger partial charge in [0, 0.05) is 37.7 Å². The molecule has 3 rings (SSSR count). The molecule has 0 saturated carbocycles. The third-order valence-electron chi connectivity index (χ3n) is 4.98. The Bertz CT molecular complexity index is 922. The van der Waals surface area contributed by atoms with Crippen molar-refractivity contribution in [3.05, 3.63) is 59.7 Å². The molecule has 0 atom stereocenters. The van der Waals surface area contributed by atoms with Crippen molar-refractivity contribution in [2.24, 2.45) is 0 Å². The van der Waals surface area contributed by atoms with Gasteiger partial charge in [0.05, 0.1) is 16.5 Å². The Labute approximate surface area is 172 Å². The van der Waals surface area contributed by atoms with Crippen LogP contribution in [0.2, 0.25) is 0 Å². The first-order valence-corrected chi connectivity index (χ1v) is 11.4. The van der Waals surface area contributed by atoms with E-state index in [0.717, 1.165) is 37.1 Å². The fourth-order valence-corrected chi connectivity index (χ4v) is 4.99. The van der Waals surface area contributed by atoms with Crippen molar-refractivity contribution in [1.29, 1.82) is 5.26 Å². The minimum atomic E-state index is -3.50. The number of rotatable bonds is 6. The van der Waals surface area contributed by atoms with Crippen molar-refractivity contribution in [2.75, 3.05) is 37.0 Å². The summed E-state index contributed by atoms with van der Waals surface area (Å²) in [4.78, 5) is 2.51. The number of anilines is 1. The molecule has 1 heterocycles. The summed E-state index contributed by atoms with van der Waals surface area (Å²) < 4.78 is 27.7. The minimum Gasteiger partial charge on any atom is -0.370 e. The van der Waals surface area contributed by atoms with E-state index in [2.05, 4.69) is 11.0 Å². The molecule has 0 radical (unpaired) electrons. The number of nitriles is 1. The fraction of sp³-hybridized carbons (Fsp3) is 0.381. The van der Waals surface area contributed by atoms with Crippen LogP contribution >= 0.6 is 11.6 Å². The second kappa shape index (κ2) is 9.42. The highest BCUT2D eigenvalue weighted by molar-refractivity contribution is 7.89. The zero-order chi connectivity index (χ0) is 20.0. The highest BCUT2D eigenvalue weighted by atomic mass is 35.5. The quantitative estimate of drug-likeness (QED) is 0.673. The van der Waals surface area contributed by atoms with E-state index in [4.69, 9.17) is 16.9 Å². The highest BCUT2D eigenvalue weighted by Gasteiger charge is 2.27. The van der Waals surface area contributed by atoms with Gasteiger partial charge >= 0.3 is 0 Å². The Balaban J connectivity index is 1.69. The average Bonchev–Trinajstić information content (AvgIpc) is 2.99. The smallest absolute Gasteiger partial charge is 0.243 e. The molecule has 0 aromatic heterocycles. The lowest BCUT2D eigenvalue weighted by atomic mass is 10.1. The fourth-order valence-electron chi connectivity index (χ4n) is 3.39. The average molecular weight is 418 g/mol. The number of alkyl halides is 1.